The van der Waals surface area contributed by atoms with Crippen molar-refractivity contribution in [2.24, 2.45) is 0 Å². The maximum atomic E-state index is 11.5. The molecule has 8 aromatic rings. The van der Waals surface area contributed by atoms with Gasteiger partial charge in [0.05, 0.1) is 0 Å². The van der Waals surface area contributed by atoms with E-state index in [1.54, 1.807) is 0 Å². The molecular formula is C58H38O4. The molecule has 1 aliphatic rings. The minimum atomic E-state index is 0.602. The summed E-state index contributed by atoms with van der Waals surface area (Å²) in [6, 6.07) is 64.5. The highest BCUT2D eigenvalue weighted by Crippen LogP contribution is 2.49. The van der Waals surface area contributed by atoms with Crippen molar-refractivity contribution < 1.29 is 19.2 Å². The van der Waals surface area contributed by atoms with Gasteiger partial charge in [0, 0.05) is 22.3 Å². The number of carbonyl (C=O) groups is 4. The first-order valence-corrected chi connectivity index (χ1v) is 20.3. The molecular weight excluding hydrogens is 761 g/mol. The summed E-state index contributed by atoms with van der Waals surface area (Å²) in [6.07, 6.45) is 7.64. The Bertz CT molecular complexity index is 2740. The van der Waals surface area contributed by atoms with E-state index >= 15 is 0 Å². The number of hydrogen-bond donors (Lipinski definition) is 0. The van der Waals surface area contributed by atoms with E-state index in [2.05, 4.69) is 109 Å². The lowest BCUT2D eigenvalue weighted by atomic mass is 9.87. The first kappa shape index (κ1) is 39.1. The lowest BCUT2D eigenvalue weighted by molar-refractivity contribution is 0.111. The van der Waals surface area contributed by atoms with E-state index in [1.807, 2.05) is 97.1 Å². The summed E-state index contributed by atoms with van der Waals surface area (Å²) in [5.41, 5.74) is 19.3. The minimum Gasteiger partial charge on any atom is -0.298 e. The van der Waals surface area contributed by atoms with Crippen molar-refractivity contribution in [3.63, 3.8) is 0 Å². The van der Waals surface area contributed by atoms with Crippen LogP contribution in [0.15, 0.2) is 194 Å². The summed E-state index contributed by atoms with van der Waals surface area (Å²) in [6.45, 7) is 0. The third kappa shape index (κ3) is 7.89. The van der Waals surface area contributed by atoms with Crippen molar-refractivity contribution in [3.8, 4) is 11.1 Å². The maximum Gasteiger partial charge on any atom is 0.150 e. The van der Waals surface area contributed by atoms with Gasteiger partial charge in [0.15, 0.2) is 0 Å². The van der Waals surface area contributed by atoms with Crippen LogP contribution in [0.5, 0.6) is 0 Å². The van der Waals surface area contributed by atoms with Gasteiger partial charge in [-0.25, -0.2) is 0 Å². The Morgan fingerprint density at radius 1 is 0.258 bits per heavy atom. The second-order valence-corrected chi connectivity index (χ2v) is 15.2. The van der Waals surface area contributed by atoms with Crippen LogP contribution in [0.25, 0.3) is 45.6 Å². The average Bonchev–Trinajstić information content (AvgIpc) is 3.67. The molecule has 9 rings (SSSR count). The van der Waals surface area contributed by atoms with Crippen molar-refractivity contribution in [1.29, 1.82) is 0 Å². The van der Waals surface area contributed by atoms with E-state index in [1.165, 1.54) is 27.8 Å². The maximum absolute atomic E-state index is 11.5. The number of carbonyl (C=O) groups excluding carboxylic acids is 4. The molecule has 0 fully saturated rings. The van der Waals surface area contributed by atoms with Gasteiger partial charge in [-0.1, -0.05) is 194 Å². The van der Waals surface area contributed by atoms with Crippen molar-refractivity contribution in [2.45, 2.75) is 0 Å². The highest BCUT2D eigenvalue weighted by Gasteiger charge is 2.27. The Balaban J connectivity index is 1.17. The molecule has 0 spiro atoms. The average molecular weight is 799 g/mol. The van der Waals surface area contributed by atoms with Gasteiger partial charge in [-0.05, 0) is 101 Å². The third-order valence-electron chi connectivity index (χ3n) is 11.4. The van der Waals surface area contributed by atoms with Crippen LogP contribution in [-0.4, -0.2) is 25.1 Å². The molecule has 4 nitrogen and oxygen atoms in total. The SMILES string of the molecule is O=Cc1ccc(C(=Cc2ccc(C(=C3c4ccccc4-c4ccccc43)c3ccc(C=C(c4ccc(C=O)cc4)c4ccc(C=O)cc4)cc3)cc2)c2ccc(C=O)cc2)cc1. The fourth-order valence-electron chi connectivity index (χ4n) is 8.20. The van der Waals surface area contributed by atoms with Crippen molar-refractivity contribution >= 4 is 59.6 Å². The largest absolute Gasteiger partial charge is 0.298 e. The highest BCUT2D eigenvalue weighted by atomic mass is 16.1. The van der Waals surface area contributed by atoms with Crippen LogP contribution in [0.3, 0.4) is 0 Å². The molecule has 0 unspecified atom stereocenters. The minimum absolute atomic E-state index is 0.602. The number of fused-ring (bicyclic) bond motifs is 3. The lowest BCUT2D eigenvalue weighted by Crippen LogP contribution is -1.96. The molecule has 1 aliphatic carbocycles. The van der Waals surface area contributed by atoms with Crippen LogP contribution < -0.4 is 0 Å². The molecule has 0 amide bonds. The summed E-state index contributed by atoms with van der Waals surface area (Å²) in [7, 11) is 0. The first-order valence-electron chi connectivity index (χ1n) is 20.3. The van der Waals surface area contributed by atoms with E-state index < -0.39 is 0 Å². The summed E-state index contributed by atoms with van der Waals surface area (Å²) in [4.78, 5) is 45.9. The molecule has 8 aromatic carbocycles. The van der Waals surface area contributed by atoms with Gasteiger partial charge in [-0.2, -0.15) is 0 Å². The second kappa shape index (κ2) is 17.5. The van der Waals surface area contributed by atoms with Gasteiger partial charge in [-0.15, -0.1) is 0 Å². The molecule has 62 heavy (non-hydrogen) atoms. The Labute approximate surface area is 360 Å². The van der Waals surface area contributed by atoms with Crippen LogP contribution in [-0.2, 0) is 0 Å². The smallest absolute Gasteiger partial charge is 0.150 e. The zero-order valence-corrected chi connectivity index (χ0v) is 33.6. The molecule has 0 radical (unpaired) electrons. The predicted octanol–water partition coefficient (Wildman–Crippen LogP) is 13.1. The zero-order chi connectivity index (χ0) is 42.4. The molecule has 0 saturated carbocycles. The van der Waals surface area contributed by atoms with Crippen LogP contribution in [0, 0.1) is 0 Å². The van der Waals surface area contributed by atoms with E-state index in [9.17, 15) is 19.2 Å². The summed E-state index contributed by atoms with van der Waals surface area (Å²) < 4.78 is 0. The fraction of sp³-hybridized carbons (Fsp3) is 0. The molecule has 0 heterocycles. The van der Waals surface area contributed by atoms with Gasteiger partial charge in [0.2, 0.25) is 0 Å². The van der Waals surface area contributed by atoms with E-state index in [-0.39, 0.29) is 0 Å². The first-order chi connectivity index (χ1) is 30.5. The van der Waals surface area contributed by atoms with Gasteiger partial charge in [0.1, 0.15) is 25.1 Å². The number of aldehydes is 4. The Morgan fingerprint density at radius 3 is 0.774 bits per heavy atom. The summed E-state index contributed by atoms with van der Waals surface area (Å²) in [5, 5.41) is 0. The molecule has 294 valence electrons. The summed E-state index contributed by atoms with van der Waals surface area (Å²) >= 11 is 0. The van der Waals surface area contributed by atoms with Crippen LogP contribution >= 0.6 is 0 Å². The second-order valence-electron chi connectivity index (χ2n) is 15.2. The predicted molar refractivity (Wildman–Crippen MR) is 251 cm³/mol. The quantitative estimate of drug-likeness (QED) is 0.0912. The number of rotatable bonds is 12. The Kier molecular flexibility index (Phi) is 11.0. The highest BCUT2D eigenvalue weighted by molar-refractivity contribution is 6.13. The standard InChI is InChI=1S/C58H38O4/c59-35-41-13-21-45(22-14-41)55(46-23-15-42(36-60)16-24-46)33-39-9-29-49(30-10-39)57(58-53-7-3-1-5-51(53)52-6-2-4-8-54(52)58)50-31-11-40(12-32-50)34-56(47-25-17-43(37-61)18-26-47)48-27-19-44(38-62)20-28-48/h1-38H. The Hall–Kier alpha value is -8.34. The third-order valence-corrected chi connectivity index (χ3v) is 11.4. The van der Waals surface area contributed by atoms with Gasteiger partial charge < -0.3 is 0 Å². The monoisotopic (exact) mass is 798 g/mol. The van der Waals surface area contributed by atoms with Crippen molar-refractivity contribution in [1.82, 2.24) is 0 Å². The zero-order valence-electron chi connectivity index (χ0n) is 33.6. The van der Waals surface area contributed by atoms with Gasteiger partial charge in [-0.3, -0.25) is 19.2 Å². The number of hydrogen-bond acceptors (Lipinski definition) is 4. The van der Waals surface area contributed by atoms with E-state index in [0.29, 0.717) is 22.3 Å². The molecule has 0 saturated heterocycles. The molecule has 0 aromatic heterocycles. The normalized spacial score (nSPS) is 11.1. The van der Waals surface area contributed by atoms with Crippen LogP contribution in [0.2, 0.25) is 0 Å². The van der Waals surface area contributed by atoms with Crippen molar-refractivity contribution in [2.75, 3.05) is 0 Å². The molecule has 4 heteroatoms. The topological polar surface area (TPSA) is 68.3 Å². The van der Waals surface area contributed by atoms with Crippen molar-refractivity contribution in [3.05, 3.63) is 272 Å². The van der Waals surface area contributed by atoms with E-state index in [4.69, 9.17) is 0 Å². The van der Waals surface area contributed by atoms with Gasteiger partial charge >= 0.3 is 0 Å². The molecule has 0 aliphatic heterocycles. The van der Waals surface area contributed by atoms with Gasteiger partial charge in [0.25, 0.3) is 0 Å². The van der Waals surface area contributed by atoms with E-state index in [0.717, 1.165) is 86.4 Å². The summed E-state index contributed by atoms with van der Waals surface area (Å²) in [5.74, 6) is 0. The lowest BCUT2D eigenvalue weighted by Gasteiger charge is -2.16. The Morgan fingerprint density at radius 2 is 0.500 bits per heavy atom. The van der Waals surface area contributed by atoms with Crippen LogP contribution in [0.4, 0.5) is 0 Å². The number of benzene rings is 8. The molecule has 0 atom stereocenters. The molecule has 0 bridgehead atoms. The fourth-order valence-corrected chi connectivity index (χ4v) is 8.20. The molecule has 0 N–H and O–H groups in total. The van der Waals surface area contributed by atoms with Crippen LogP contribution in [0.1, 0.15) is 97.1 Å².